The summed E-state index contributed by atoms with van der Waals surface area (Å²) in [5.74, 6) is -0.991. The first-order valence-corrected chi connectivity index (χ1v) is 13.5. The molecule has 38 heavy (non-hydrogen) atoms. The Morgan fingerprint density at radius 3 is 1.76 bits per heavy atom. The fraction of sp³-hybridized carbons (Fsp3) is 0.286. The van der Waals surface area contributed by atoms with E-state index in [2.05, 4.69) is 5.32 Å². The molecule has 9 nitrogen and oxygen atoms in total. The highest BCUT2D eigenvalue weighted by molar-refractivity contribution is 7.48. The number of ether oxygens (including phenoxy) is 1. The Balaban J connectivity index is 1.68. The molecule has 0 spiro atoms. The fourth-order valence-electron chi connectivity index (χ4n) is 3.25. The number of nitrogens with one attached hydrogen (secondary N) is 1. The topological polar surface area (TPSA) is 120 Å². The van der Waals surface area contributed by atoms with Crippen LogP contribution in [0.4, 0.5) is 4.79 Å². The smallest absolute Gasteiger partial charge is 0.480 e. The molecule has 0 saturated carbocycles. The number of hydrogen-bond acceptors (Lipinski definition) is 7. The number of carbonyl (C=O) groups is 2. The van der Waals surface area contributed by atoms with Crippen LogP contribution in [0, 0.1) is 0 Å². The monoisotopic (exact) mass is 541 g/mol. The van der Waals surface area contributed by atoms with Gasteiger partial charge in [0.05, 0.1) is 13.2 Å². The number of phosphoric ester groups is 1. The zero-order valence-corrected chi connectivity index (χ0v) is 22.4. The lowest BCUT2D eigenvalue weighted by atomic mass is 10.1. The van der Waals surface area contributed by atoms with Gasteiger partial charge in [0.2, 0.25) is 0 Å². The number of benzene rings is 3. The quantitative estimate of drug-likeness (QED) is 0.263. The summed E-state index contributed by atoms with van der Waals surface area (Å²) in [6, 6.07) is 23.5. The Morgan fingerprint density at radius 1 is 0.816 bits per heavy atom. The number of carbonyl (C=O) groups excluding carboxylic acids is 1. The zero-order valence-electron chi connectivity index (χ0n) is 21.5. The average Bonchev–Trinajstić information content (AvgIpc) is 2.87. The molecule has 0 bridgehead atoms. The largest absolute Gasteiger partial charge is 0.530 e. The number of carboxylic acids is 1. The van der Waals surface area contributed by atoms with Gasteiger partial charge in [0.15, 0.2) is 0 Å². The van der Waals surface area contributed by atoms with Crippen LogP contribution in [-0.2, 0) is 42.8 Å². The van der Waals surface area contributed by atoms with E-state index in [1.54, 1.807) is 32.9 Å². The van der Waals surface area contributed by atoms with Crippen molar-refractivity contribution in [3.8, 4) is 5.75 Å². The van der Waals surface area contributed by atoms with Gasteiger partial charge in [0.1, 0.15) is 17.4 Å². The molecule has 0 unspecified atom stereocenters. The highest BCUT2D eigenvalue weighted by Crippen LogP contribution is 2.51. The third-order valence-corrected chi connectivity index (χ3v) is 6.36. The minimum absolute atomic E-state index is 0.00152. The van der Waals surface area contributed by atoms with Crippen molar-refractivity contribution in [3.05, 3.63) is 102 Å². The number of amides is 1. The number of phosphoric acid groups is 1. The van der Waals surface area contributed by atoms with E-state index in [-0.39, 0.29) is 25.4 Å². The van der Waals surface area contributed by atoms with E-state index in [1.165, 1.54) is 12.1 Å². The highest BCUT2D eigenvalue weighted by atomic mass is 31.2. The van der Waals surface area contributed by atoms with E-state index in [1.807, 2.05) is 60.7 Å². The van der Waals surface area contributed by atoms with Crippen molar-refractivity contribution in [2.75, 3.05) is 0 Å². The van der Waals surface area contributed by atoms with Crippen LogP contribution >= 0.6 is 7.82 Å². The van der Waals surface area contributed by atoms with E-state index < -0.39 is 31.5 Å². The molecule has 3 aromatic carbocycles. The molecular weight excluding hydrogens is 509 g/mol. The van der Waals surface area contributed by atoms with E-state index in [0.29, 0.717) is 5.56 Å². The maximum absolute atomic E-state index is 13.5. The van der Waals surface area contributed by atoms with E-state index in [0.717, 1.165) is 11.1 Å². The number of aliphatic carboxylic acids is 1. The molecular formula is C28H32NO8P. The summed E-state index contributed by atoms with van der Waals surface area (Å²) in [6.45, 7) is 5.09. The third-order valence-electron chi connectivity index (χ3n) is 5.03. The van der Waals surface area contributed by atoms with Crippen molar-refractivity contribution in [1.29, 1.82) is 0 Å². The normalized spacial score (nSPS) is 12.4. The van der Waals surface area contributed by atoms with Gasteiger partial charge < -0.3 is 19.7 Å². The lowest BCUT2D eigenvalue weighted by molar-refractivity contribution is -0.139. The zero-order chi connectivity index (χ0) is 27.6. The summed E-state index contributed by atoms with van der Waals surface area (Å²) in [7, 11) is -4.04. The first-order valence-electron chi connectivity index (χ1n) is 12.0. The Kier molecular flexibility index (Phi) is 10.1. The predicted molar refractivity (Wildman–Crippen MR) is 142 cm³/mol. The Morgan fingerprint density at radius 2 is 1.32 bits per heavy atom. The number of hydrogen-bond donors (Lipinski definition) is 2. The third kappa shape index (κ3) is 10.0. The number of carboxylic acid groups (broad SMARTS) is 1. The molecule has 10 heteroatoms. The SMILES string of the molecule is CC(C)(C)OC(=O)N[C@@H](Cc1ccc(OP(=O)(OCc2ccccc2)OCc2ccccc2)cc1)C(=O)O. The van der Waals surface area contributed by atoms with Crippen LogP contribution in [0.5, 0.6) is 5.75 Å². The van der Waals surface area contributed by atoms with Gasteiger partial charge in [-0.05, 0) is 49.6 Å². The summed E-state index contributed by atoms with van der Waals surface area (Å²) < 4.78 is 35.6. The van der Waals surface area contributed by atoms with Crippen LogP contribution in [0.1, 0.15) is 37.5 Å². The second-order valence-electron chi connectivity index (χ2n) is 9.44. The molecule has 0 radical (unpaired) electrons. The summed E-state index contributed by atoms with van der Waals surface area (Å²) in [5, 5.41) is 11.9. The van der Waals surface area contributed by atoms with Gasteiger partial charge in [-0.25, -0.2) is 14.2 Å². The lowest BCUT2D eigenvalue weighted by Crippen LogP contribution is -2.44. The molecule has 0 heterocycles. The second-order valence-corrected chi connectivity index (χ2v) is 11.0. The molecule has 1 atom stereocenters. The fourth-order valence-corrected chi connectivity index (χ4v) is 4.42. The van der Waals surface area contributed by atoms with Gasteiger partial charge in [0.25, 0.3) is 0 Å². The van der Waals surface area contributed by atoms with Crippen LogP contribution in [0.25, 0.3) is 0 Å². The summed E-state index contributed by atoms with van der Waals surface area (Å²) in [5.41, 5.74) is 1.44. The van der Waals surface area contributed by atoms with Crippen LogP contribution in [0.2, 0.25) is 0 Å². The van der Waals surface area contributed by atoms with Gasteiger partial charge >= 0.3 is 19.9 Å². The van der Waals surface area contributed by atoms with Crippen LogP contribution < -0.4 is 9.84 Å². The Hall–Kier alpha value is -3.65. The molecule has 0 saturated heterocycles. The molecule has 0 aliphatic heterocycles. The first-order chi connectivity index (χ1) is 18.0. The second kappa shape index (κ2) is 13.2. The summed E-state index contributed by atoms with van der Waals surface area (Å²) in [6.07, 6.45) is -0.821. The molecule has 1 amide bonds. The van der Waals surface area contributed by atoms with Crippen molar-refractivity contribution in [1.82, 2.24) is 5.32 Å². The first kappa shape index (κ1) is 28.9. The lowest BCUT2D eigenvalue weighted by Gasteiger charge is -2.22. The highest BCUT2D eigenvalue weighted by Gasteiger charge is 2.29. The molecule has 3 aromatic rings. The van der Waals surface area contributed by atoms with Gasteiger partial charge in [-0.15, -0.1) is 0 Å². The van der Waals surface area contributed by atoms with Gasteiger partial charge in [-0.3, -0.25) is 9.05 Å². The van der Waals surface area contributed by atoms with Crippen LogP contribution in [0.15, 0.2) is 84.9 Å². The molecule has 0 fully saturated rings. The van der Waals surface area contributed by atoms with Crippen LogP contribution in [-0.4, -0.2) is 28.8 Å². The van der Waals surface area contributed by atoms with Gasteiger partial charge in [-0.1, -0.05) is 72.8 Å². The van der Waals surface area contributed by atoms with Crippen molar-refractivity contribution >= 4 is 19.9 Å². The maximum atomic E-state index is 13.5. The van der Waals surface area contributed by atoms with Gasteiger partial charge in [-0.2, -0.15) is 0 Å². The van der Waals surface area contributed by atoms with E-state index >= 15 is 0 Å². The molecule has 0 aliphatic rings. The van der Waals surface area contributed by atoms with E-state index in [9.17, 15) is 19.3 Å². The minimum Gasteiger partial charge on any atom is -0.480 e. The Labute approximate surface area is 222 Å². The standard InChI is InChI=1S/C28H32NO8P/c1-28(2,3)36-27(32)29-25(26(30)31)18-21-14-16-24(17-15-21)37-38(33,34-19-22-10-6-4-7-11-22)35-20-23-12-8-5-9-13-23/h4-17,25H,18-20H2,1-3H3,(H,29,32)(H,30,31)/t25-/m0/s1. The van der Waals surface area contributed by atoms with Crippen LogP contribution in [0.3, 0.4) is 0 Å². The molecule has 0 aliphatic carbocycles. The maximum Gasteiger partial charge on any atom is 0.530 e. The summed E-state index contributed by atoms with van der Waals surface area (Å²) >= 11 is 0. The summed E-state index contributed by atoms with van der Waals surface area (Å²) in [4.78, 5) is 23.7. The van der Waals surface area contributed by atoms with Crippen molar-refractivity contribution in [3.63, 3.8) is 0 Å². The van der Waals surface area contributed by atoms with Crippen molar-refractivity contribution < 1.29 is 37.6 Å². The Bertz CT molecular complexity index is 1180. The van der Waals surface area contributed by atoms with E-state index in [4.69, 9.17) is 18.3 Å². The van der Waals surface area contributed by atoms with Crippen molar-refractivity contribution in [2.45, 2.75) is 52.0 Å². The molecule has 3 rings (SSSR count). The predicted octanol–water partition coefficient (Wildman–Crippen LogP) is 6.13. The minimum atomic E-state index is -4.04. The average molecular weight is 542 g/mol. The molecule has 0 aromatic heterocycles. The number of rotatable bonds is 12. The van der Waals surface area contributed by atoms with Crippen molar-refractivity contribution in [2.24, 2.45) is 0 Å². The number of alkyl carbamates (subject to hydrolysis) is 1. The molecule has 2 N–H and O–H groups in total. The molecule has 202 valence electrons. The van der Waals surface area contributed by atoms with Gasteiger partial charge in [0, 0.05) is 6.42 Å².